The lowest BCUT2D eigenvalue weighted by molar-refractivity contribution is -0.120. The van der Waals surface area contributed by atoms with Gasteiger partial charge in [-0.05, 0) is 30.3 Å². The minimum atomic E-state index is -3.97. The van der Waals surface area contributed by atoms with E-state index in [4.69, 9.17) is 27.9 Å². The number of carbonyl (C=O) groups is 2. The Labute approximate surface area is 163 Å². The highest BCUT2D eigenvalue weighted by Crippen LogP contribution is 2.31. The van der Waals surface area contributed by atoms with Crippen molar-refractivity contribution >= 4 is 56.5 Å². The highest BCUT2D eigenvalue weighted by atomic mass is 35.5. The van der Waals surface area contributed by atoms with Crippen LogP contribution >= 0.6 is 23.2 Å². The average Bonchev–Trinajstić information content (AvgIpc) is 2.85. The van der Waals surface area contributed by atoms with E-state index in [1.807, 2.05) is 0 Å². The summed E-state index contributed by atoms with van der Waals surface area (Å²) in [6.45, 7) is 0. The zero-order chi connectivity index (χ0) is 19.8. The van der Waals surface area contributed by atoms with Crippen LogP contribution in [0.3, 0.4) is 0 Å². The number of benzene rings is 1. The summed E-state index contributed by atoms with van der Waals surface area (Å²) in [6.07, 6.45) is 0. The van der Waals surface area contributed by atoms with E-state index in [0.717, 1.165) is 4.90 Å². The van der Waals surface area contributed by atoms with Crippen LogP contribution in [0.4, 0.5) is 11.5 Å². The molecular weight excluding hydrogens is 419 g/mol. The van der Waals surface area contributed by atoms with E-state index in [0.29, 0.717) is 0 Å². The summed E-state index contributed by atoms with van der Waals surface area (Å²) >= 11 is 11.4. The molecule has 3 rings (SSSR count). The average molecular weight is 429 g/mol. The Kier molecular flexibility index (Phi) is 5.05. The second-order valence-electron chi connectivity index (χ2n) is 5.13. The predicted octanol–water partition coefficient (Wildman–Crippen LogP) is 1.85. The van der Waals surface area contributed by atoms with Gasteiger partial charge in [0.25, 0.3) is 21.8 Å². The molecule has 1 aliphatic heterocycles. The van der Waals surface area contributed by atoms with Crippen LogP contribution in [0.2, 0.25) is 0 Å². The molecule has 140 valence electrons. The van der Waals surface area contributed by atoms with Crippen LogP contribution in [0.25, 0.3) is 0 Å². The Hall–Kier alpha value is -2.69. The smallest absolute Gasteiger partial charge is 0.278 e. The van der Waals surface area contributed by atoms with Crippen molar-refractivity contribution in [3.8, 4) is 5.88 Å². The molecule has 2 aromatic rings. The molecule has 2 amide bonds. The Balaban J connectivity index is 1.82. The second kappa shape index (κ2) is 7.14. The minimum Gasteiger partial charge on any atom is -0.480 e. The number of nitrogens with zero attached hydrogens (tertiary/aromatic N) is 3. The summed E-state index contributed by atoms with van der Waals surface area (Å²) < 4.78 is 31.9. The van der Waals surface area contributed by atoms with Crippen LogP contribution < -0.4 is 14.4 Å². The molecule has 9 nitrogen and oxygen atoms in total. The summed E-state index contributed by atoms with van der Waals surface area (Å²) in [6, 6.07) is 7.83. The largest absolute Gasteiger partial charge is 0.480 e. The Morgan fingerprint density at radius 2 is 1.56 bits per heavy atom. The number of hydrogen-bond acceptors (Lipinski definition) is 7. The SMILES string of the molecule is COc1ccc(NS(=O)(=O)c2ccc(N3C(=O)C(Cl)=C(Cl)C3=O)cc2)nn1. The molecule has 1 aromatic carbocycles. The van der Waals surface area contributed by atoms with Crippen molar-refractivity contribution in [1.82, 2.24) is 10.2 Å². The topological polar surface area (TPSA) is 119 Å². The molecule has 1 N–H and O–H groups in total. The van der Waals surface area contributed by atoms with Crippen LogP contribution in [-0.2, 0) is 19.6 Å². The lowest BCUT2D eigenvalue weighted by Gasteiger charge is -2.14. The summed E-state index contributed by atoms with van der Waals surface area (Å²) in [4.78, 5) is 24.6. The third kappa shape index (κ3) is 3.59. The van der Waals surface area contributed by atoms with E-state index in [-0.39, 0.29) is 22.3 Å². The van der Waals surface area contributed by atoms with Gasteiger partial charge >= 0.3 is 0 Å². The van der Waals surface area contributed by atoms with Gasteiger partial charge in [0.05, 0.1) is 17.7 Å². The fourth-order valence-electron chi connectivity index (χ4n) is 2.17. The normalized spacial score (nSPS) is 14.7. The summed E-state index contributed by atoms with van der Waals surface area (Å²) in [5, 5.41) is 6.56. The maximum Gasteiger partial charge on any atom is 0.278 e. The zero-order valence-corrected chi connectivity index (χ0v) is 15.8. The van der Waals surface area contributed by atoms with Crippen molar-refractivity contribution < 1.29 is 22.7 Å². The first kappa shape index (κ1) is 19.1. The van der Waals surface area contributed by atoms with Crippen molar-refractivity contribution in [2.75, 3.05) is 16.7 Å². The van der Waals surface area contributed by atoms with E-state index in [2.05, 4.69) is 14.9 Å². The van der Waals surface area contributed by atoms with Crippen LogP contribution in [0.1, 0.15) is 0 Å². The van der Waals surface area contributed by atoms with Crippen molar-refractivity contribution in [3.63, 3.8) is 0 Å². The molecular formula is C15H10Cl2N4O5S. The second-order valence-corrected chi connectivity index (χ2v) is 7.57. The number of rotatable bonds is 5. The molecule has 0 unspecified atom stereocenters. The van der Waals surface area contributed by atoms with E-state index >= 15 is 0 Å². The van der Waals surface area contributed by atoms with Gasteiger partial charge < -0.3 is 4.74 Å². The molecule has 0 aliphatic carbocycles. The summed E-state index contributed by atoms with van der Waals surface area (Å²) in [5.74, 6) is -1.34. The third-order valence-corrected chi connectivity index (χ3v) is 5.64. The van der Waals surface area contributed by atoms with Crippen molar-refractivity contribution in [3.05, 3.63) is 46.5 Å². The van der Waals surface area contributed by atoms with Gasteiger partial charge in [-0.2, -0.15) is 0 Å². The highest BCUT2D eigenvalue weighted by Gasteiger charge is 2.37. The molecule has 1 aliphatic rings. The van der Waals surface area contributed by atoms with Crippen molar-refractivity contribution in [2.24, 2.45) is 0 Å². The number of amides is 2. The van der Waals surface area contributed by atoms with Crippen molar-refractivity contribution in [2.45, 2.75) is 4.90 Å². The first-order valence-corrected chi connectivity index (χ1v) is 9.43. The molecule has 0 spiro atoms. The molecule has 0 saturated carbocycles. The summed E-state index contributed by atoms with van der Waals surface area (Å²) in [7, 11) is -2.56. The van der Waals surface area contributed by atoms with Crippen LogP contribution in [0.5, 0.6) is 5.88 Å². The minimum absolute atomic E-state index is 0.00691. The number of aromatic nitrogens is 2. The number of carbonyl (C=O) groups excluding carboxylic acids is 2. The van der Waals surface area contributed by atoms with Gasteiger partial charge in [0, 0.05) is 6.07 Å². The van der Waals surface area contributed by atoms with Gasteiger partial charge in [-0.3, -0.25) is 14.3 Å². The van der Waals surface area contributed by atoms with Crippen LogP contribution in [-0.4, -0.2) is 37.5 Å². The van der Waals surface area contributed by atoms with E-state index in [1.165, 1.54) is 43.5 Å². The molecule has 0 atom stereocenters. The van der Waals surface area contributed by atoms with Crippen LogP contribution in [0.15, 0.2) is 51.4 Å². The number of ether oxygens (including phenoxy) is 1. The monoisotopic (exact) mass is 428 g/mol. The number of methoxy groups -OCH3 is 1. The maximum absolute atomic E-state index is 12.4. The fourth-order valence-corrected chi connectivity index (χ4v) is 3.49. The van der Waals surface area contributed by atoms with Gasteiger partial charge in [-0.1, -0.05) is 23.2 Å². The van der Waals surface area contributed by atoms with Gasteiger partial charge in [-0.25, -0.2) is 13.3 Å². The van der Waals surface area contributed by atoms with Gasteiger partial charge in [-0.15, -0.1) is 10.2 Å². The lowest BCUT2D eigenvalue weighted by Crippen LogP contribution is -2.30. The first-order chi connectivity index (χ1) is 12.7. The van der Waals surface area contributed by atoms with Crippen LogP contribution in [0, 0.1) is 0 Å². The van der Waals surface area contributed by atoms with Gasteiger partial charge in [0.15, 0.2) is 5.82 Å². The number of hydrogen-bond donors (Lipinski definition) is 1. The fraction of sp³-hybridized carbons (Fsp3) is 0.0667. The maximum atomic E-state index is 12.4. The Morgan fingerprint density at radius 1 is 0.963 bits per heavy atom. The van der Waals surface area contributed by atoms with E-state index in [1.54, 1.807) is 0 Å². The predicted molar refractivity (Wildman–Crippen MR) is 97.1 cm³/mol. The molecule has 1 aromatic heterocycles. The third-order valence-electron chi connectivity index (χ3n) is 3.47. The van der Waals surface area contributed by atoms with Gasteiger partial charge in [0.1, 0.15) is 10.1 Å². The van der Waals surface area contributed by atoms with Gasteiger partial charge in [0.2, 0.25) is 5.88 Å². The lowest BCUT2D eigenvalue weighted by atomic mass is 10.3. The summed E-state index contributed by atoms with van der Waals surface area (Å²) in [5.41, 5.74) is 0.127. The van der Waals surface area contributed by atoms with Crippen molar-refractivity contribution in [1.29, 1.82) is 0 Å². The molecule has 0 saturated heterocycles. The number of halogens is 2. The molecule has 27 heavy (non-hydrogen) atoms. The number of imide groups is 1. The quantitative estimate of drug-likeness (QED) is 0.721. The van der Waals surface area contributed by atoms with E-state index < -0.39 is 31.9 Å². The molecule has 0 bridgehead atoms. The number of nitrogens with one attached hydrogen (secondary N) is 1. The highest BCUT2D eigenvalue weighted by molar-refractivity contribution is 7.92. The number of sulfonamides is 1. The van der Waals surface area contributed by atoms with E-state index in [9.17, 15) is 18.0 Å². The molecule has 0 fully saturated rings. The first-order valence-electron chi connectivity index (χ1n) is 7.19. The Morgan fingerprint density at radius 3 is 2.04 bits per heavy atom. The molecule has 2 heterocycles. The standard InChI is InChI=1S/C15H10Cl2N4O5S/c1-26-11-7-6-10(18-19-11)20-27(24,25)9-4-2-8(3-5-9)21-14(22)12(16)13(17)15(21)23/h2-7H,1H3,(H,18,20). The Bertz CT molecular complexity index is 1030. The molecule has 0 radical (unpaired) electrons. The zero-order valence-electron chi connectivity index (χ0n) is 13.5. The molecule has 12 heteroatoms. The number of anilines is 2.